The topological polar surface area (TPSA) is 64.7 Å². The zero-order valence-corrected chi connectivity index (χ0v) is 16.0. The minimum Gasteiger partial charge on any atom is -0.338 e. The zero-order chi connectivity index (χ0) is 19.3. The summed E-state index contributed by atoms with van der Waals surface area (Å²) in [5.41, 5.74) is 3.88. The monoisotopic (exact) mass is 392 g/mol. The van der Waals surface area contributed by atoms with Gasteiger partial charge >= 0.3 is 0 Å². The van der Waals surface area contributed by atoms with Gasteiger partial charge in [0.05, 0.1) is 11.4 Å². The van der Waals surface area contributed by atoms with E-state index in [1.165, 1.54) is 29.5 Å². The number of thioether (sulfide) groups is 1. The first-order valence-electron chi connectivity index (χ1n) is 8.85. The quantitative estimate of drug-likeness (QED) is 0.421. The van der Waals surface area contributed by atoms with E-state index in [0.29, 0.717) is 23.0 Å². The van der Waals surface area contributed by atoms with Crippen LogP contribution in [0, 0.1) is 5.82 Å². The predicted molar refractivity (Wildman–Crippen MR) is 106 cm³/mol. The minimum absolute atomic E-state index is 0.300. The van der Waals surface area contributed by atoms with E-state index in [9.17, 15) is 4.39 Å². The second-order valence-electron chi connectivity index (χ2n) is 6.11. The van der Waals surface area contributed by atoms with Crippen molar-refractivity contribution in [1.82, 2.24) is 20.3 Å². The van der Waals surface area contributed by atoms with Crippen molar-refractivity contribution in [3.63, 3.8) is 0 Å². The normalized spacial score (nSPS) is 10.9. The van der Waals surface area contributed by atoms with Gasteiger partial charge in [-0.3, -0.25) is 0 Å². The van der Waals surface area contributed by atoms with Crippen LogP contribution in [0.3, 0.4) is 0 Å². The van der Waals surface area contributed by atoms with Gasteiger partial charge in [-0.15, -0.1) is 10.2 Å². The summed E-state index contributed by atoms with van der Waals surface area (Å²) in [7, 11) is 0. The van der Waals surface area contributed by atoms with Gasteiger partial charge in [-0.05, 0) is 48.4 Å². The van der Waals surface area contributed by atoms with E-state index in [0.717, 1.165) is 22.7 Å². The number of hydrogen-bond acceptors (Lipinski definition) is 6. The lowest BCUT2D eigenvalue weighted by atomic mass is 10.1. The Morgan fingerprint density at radius 2 is 1.64 bits per heavy atom. The van der Waals surface area contributed by atoms with E-state index < -0.39 is 0 Å². The first-order chi connectivity index (χ1) is 13.7. The van der Waals surface area contributed by atoms with Gasteiger partial charge in [0.15, 0.2) is 0 Å². The van der Waals surface area contributed by atoms with E-state index in [1.807, 2.05) is 12.1 Å². The van der Waals surface area contributed by atoms with Crippen molar-refractivity contribution in [3.8, 4) is 22.6 Å². The van der Waals surface area contributed by atoms with Crippen LogP contribution < -0.4 is 0 Å². The molecule has 0 saturated carbocycles. The Bertz CT molecular complexity index is 1050. The molecule has 7 heteroatoms. The molecule has 0 N–H and O–H groups in total. The van der Waals surface area contributed by atoms with Crippen LogP contribution in [0.2, 0.25) is 0 Å². The van der Waals surface area contributed by atoms with E-state index in [2.05, 4.69) is 51.5 Å². The average molecular weight is 392 g/mol. The largest absolute Gasteiger partial charge is 0.338 e. The van der Waals surface area contributed by atoms with E-state index in [1.54, 1.807) is 12.1 Å². The molecular weight excluding hydrogens is 375 g/mol. The lowest BCUT2D eigenvalue weighted by Crippen LogP contribution is -1.91. The highest BCUT2D eigenvalue weighted by atomic mass is 32.2. The fourth-order valence-corrected chi connectivity index (χ4v) is 3.28. The second-order valence-corrected chi connectivity index (χ2v) is 7.11. The average Bonchev–Trinajstić information content (AvgIpc) is 3.22. The molecule has 0 radical (unpaired) electrons. The molecule has 5 nitrogen and oxygen atoms in total. The highest BCUT2D eigenvalue weighted by molar-refractivity contribution is 7.98. The number of aromatic nitrogens is 4. The van der Waals surface area contributed by atoms with Crippen LogP contribution in [0.4, 0.5) is 4.39 Å². The van der Waals surface area contributed by atoms with Gasteiger partial charge in [0.2, 0.25) is 11.7 Å². The van der Waals surface area contributed by atoms with E-state index >= 15 is 0 Å². The fourth-order valence-electron chi connectivity index (χ4n) is 2.63. The number of halogens is 1. The van der Waals surface area contributed by atoms with Gasteiger partial charge in [-0.25, -0.2) is 4.39 Å². The molecule has 2 aromatic heterocycles. The van der Waals surface area contributed by atoms with Crippen LogP contribution in [-0.2, 0) is 12.2 Å². The molecule has 4 rings (SSSR count). The van der Waals surface area contributed by atoms with Crippen molar-refractivity contribution in [1.29, 1.82) is 0 Å². The Balaban J connectivity index is 1.39. The molecule has 0 atom stereocenters. The van der Waals surface area contributed by atoms with Gasteiger partial charge in [0.1, 0.15) is 10.8 Å². The summed E-state index contributed by atoms with van der Waals surface area (Å²) in [5, 5.41) is 13.3. The Labute approximate surface area is 166 Å². The zero-order valence-electron chi connectivity index (χ0n) is 15.2. The van der Waals surface area contributed by atoms with Crippen molar-refractivity contribution in [2.24, 2.45) is 0 Å². The third-order valence-corrected chi connectivity index (χ3v) is 5.12. The summed E-state index contributed by atoms with van der Waals surface area (Å²) in [5.74, 6) is 1.09. The van der Waals surface area contributed by atoms with Gasteiger partial charge in [-0.1, -0.05) is 48.1 Å². The van der Waals surface area contributed by atoms with Crippen molar-refractivity contribution >= 4 is 11.8 Å². The van der Waals surface area contributed by atoms with Gasteiger partial charge < -0.3 is 4.52 Å². The Morgan fingerprint density at radius 3 is 2.32 bits per heavy atom. The van der Waals surface area contributed by atoms with Crippen LogP contribution in [0.5, 0.6) is 0 Å². The molecule has 0 bridgehead atoms. The highest BCUT2D eigenvalue weighted by Gasteiger charge is 2.10. The summed E-state index contributed by atoms with van der Waals surface area (Å²) in [4.78, 5) is 4.34. The van der Waals surface area contributed by atoms with Gasteiger partial charge in [0, 0.05) is 11.1 Å². The second kappa shape index (κ2) is 8.31. The van der Waals surface area contributed by atoms with Crippen LogP contribution in [0.25, 0.3) is 22.6 Å². The fraction of sp³-hybridized carbons (Fsp3) is 0.143. The molecule has 4 aromatic rings. The number of rotatable bonds is 6. The molecule has 2 aromatic carbocycles. The van der Waals surface area contributed by atoms with Crippen LogP contribution >= 0.6 is 11.8 Å². The molecule has 0 fully saturated rings. The molecule has 2 heterocycles. The lowest BCUT2D eigenvalue weighted by Gasteiger charge is -2.03. The maximum absolute atomic E-state index is 13.0. The molecular formula is C21H17FN4OS. The summed E-state index contributed by atoms with van der Waals surface area (Å²) < 4.78 is 18.3. The number of aryl methyl sites for hydroxylation is 1. The van der Waals surface area contributed by atoms with Gasteiger partial charge in [-0.2, -0.15) is 4.98 Å². The van der Waals surface area contributed by atoms with E-state index in [-0.39, 0.29) is 5.82 Å². The molecule has 0 aliphatic heterocycles. The Morgan fingerprint density at radius 1 is 0.893 bits per heavy atom. The maximum Gasteiger partial charge on any atom is 0.237 e. The molecule has 0 saturated heterocycles. The maximum atomic E-state index is 13.0. The van der Waals surface area contributed by atoms with E-state index in [4.69, 9.17) is 4.52 Å². The van der Waals surface area contributed by atoms with Crippen LogP contribution in [-0.4, -0.2) is 20.3 Å². The molecule has 0 spiro atoms. The van der Waals surface area contributed by atoms with Crippen LogP contribution in [0.15, 0.2) is 70.2 Å². The van der Waals surface area contributed by atoms with Crippen molar-refractivity contribution in [2.75, 3.05) is 0 Å². The van der Waals surface area contributed by atoms with Crippen molar-refractivity contribution < 1.29 is 8.91 Å². The minimum atomic E-state index is -0.300. The Hall–Kier alpha value is -3.06. The molecule has 0 unspecified atom stereocenters. The smallest absolute Gasteiger partial charge is 0.237 e. The molecule has 0 amide bonds. The van der Waals surface area contributed by atoms with Gasteiger partial charge in [0.25, 0.3) is 0 Å². The molecule has 0 aliphatic carbocycles. The molecule has 0 aliphatic rings. The third-order valence-electron chi connectivity index (χ3n) is 4.21. The van der Waals surface area contributed by atoms with Crippen molar-refractivity contribution in [3.05, 3.63) is 77.9 Å². The lowest BCUT2D eigenvalue weighted by molar-refractivity contribution is 0.391. The van der Waals surface area contributed by atoms with Crippen LogP contribution in [0.1, 0.15) is 18.4 Å². The molecule has 28 heavy (non-hydrogen) atoms. The van der Waals surface area contributed by atoms with Crippen molar-refractivity contribution in [2.45, 2.75) is 24.1 Å². The first-order valence-corrected chi connectivity index (χ1v) is 9.84. The molecule has 140 valence electrons. The standard InChI is InChI=1S/C21H17FN4OS/c1-2-14-3-5-15(6-4-14)18-11-12-20(25-24-18)28-13-19-23-21(26-27-19)16-7-9-17(22)10-8-16/h3-12H,2,13H2,1H3. The number of benzene rings is 2. The number of nitrogens with zero attached hydrogens (tertiary/aromatic N) is 4. The summed E-state index contributed by atoms with van der Waals surface area (Å²) in [6.45, 7) is 2.13. The summed E-state index contributed by atoms with van der Waals surface area (Å²) >= 11 is 1.46. The summed E-state index contributed by atoms with van der Waals surface area (Å²) in [6.07, 6.45) is 1.01. The third kappa shape index (κ3) is 4.26. The Kier molecular flexibility index (Phi) is 5.43. The summed E-state index contributed by atoms with van der Waals surface area (Å²) in [6, 6.07) is 18.2. The first kappa shape index (κ1) is 18.3. The SMILES string of the molecule is CCc1ccc(-c2ccc(SCc3nc(-c4ccc(F)cc4)no3)nn2)cc1. The number of hydrogen-bond donors (Lipinski definition) is 0. The highest BCUT2D eigenvalue weighted by Crippen LogP contribution is 2.24. The predicted octanol–water partition coefficient (Wildman–Crippen LogP) is 5.19.